The van der Waals surface area contributed by atoms with Gasteiger partial charge in [0, 0.05) is 38.0 Å². The van der Waals surface area contributed by atoms with Crippen LogP contribution in [0, 0.1) is 23.2 Å². The average Bonchev–Trinajstić information content (AvgIpc) is 2.70. The minimum absolute atomic E-state index is 0.117. The lowest BCUT2D eigenvalue weighted by Crippen LogP contribution is -2.53. The summed E-state index contributed by atoms with van der Waals surface area (Å²) < 4.78 is 0. The van der Waals surface area contributed by atoms with Gasteiger partial charge in [0.15, 0.2) is 0 Å². The number of amides is 2. The molecule has 2 amide bonds. The highest BCUT2D eigenvalue weighted by Crippen LogP contribution is 2.60. The van der Waals surface area contributed by atoms with E-state index >= 15 is 0 Å². The first-order valence-electron chi connectivity index (χ1n) is 11.7. The molecule has 4 aliphatic carbocycles. The molecule has 1 N–H and O–H groups in total. The fourth-order valence-corrected chi connectivity index (χ4v) is 6.43. The molecule has 0 unspecified atom stereocenters. The third-order valence-corrected chi connectivity index (χ3v) is 7.53. The molecule has 4 bridgehead atoms. The van der Waals surface area contributed by atoms with Gasteiger partial charge >= 0.3 is 0 Å². The topological polar surface area (TPSA) is 52.6 Å². The summed E-state index contributed by atoms with van der Waals surface area (Å²) in [5, 5.41) is 3.16. The van der Waals surface area contributed by atoms with Gasteiger partial charge in [-0.25, -0.2) is 0 Å². The van der Waals surface area contributed by atoms with Gasteiger partial charge in [-0.2, -0.15) is 0 Å². The third kappa shape index (κ3) is 4.88. The van der Waals surface area contributed by atoms with E-state index in [0.29, 0.717) is 26.1 Å². The van der Waals surface area contributed by atoms with Crippen LogP contribution in [0.25, 0.3) is 0 Å². The molecule has 164 valence electrons. The molecule has 0 radical (unpaired) electrons. The van der Waals surface area contributed by atoms with E-state index in [1.165, 1.54) is 19.3 Å². The molecular weight excluding hydrogens is 374 g/mol. The zero-order chi connectivity index (χ0) is 21.1. The van der Waals surface area contributed by atoms with Crippen molar-refractivity contribution in [1.29, 1.82) is 0 Å². The van der Waals surface area contributed by atoms with Crippen molar-refractivity contribution in [2.45, 2.75) is 51.5 Å². The first-order chi connectivity index (χ1) is 14.4. The molecule has 0 atom stereocenters. The Morgan fingerprint density at radius 1 is 0.967 bits per heavy atom. The van der Waals surface area contributed by atoms with Crippen LogP contribution in [0.3, 0.4) is 0 Å². The number of hydrogen-bond acceptors (Lipinski definition) is 3. The fraction of sp³-hybridized carbons (Fsp3) is 0.680. The highest BCUT2D eigenvalue weighted by molar-refractivity contribution is 5.84. The van der Waals surface area contributed by atoms with Crippen molar-refractivity contribution < 1.29 is 9.59 Å². The predicted molar refractivity (Wildman–Crippen MR) is 119 cm³/mol. The Balaban J connectivity index is 1.30. The van der Waals surface area contributed by atoms with Crippen molar-refractivity contribution in [1.82, 2.24) is 15.1 Å². The van der Waals surface area contributed by atoms with Crippen LogP contribution in [0.4, 0.5) is 0 Å². The molecule has 5 heteroatoms. The molecule has 0 saturated heterocycles. The SMILES string of the molecule is CN(C)CCN(Cc1ccccc1)C(=O)CCNC(=O)C12CC3CC(CC(C3)C1)C2. The molecule has 0 aliphatic heterocycles. The number of carbonyl (C=O) groups excluding carboxylic acids is 2. The summed E-state index contributed by atoms with van der Waals surface area (Å²) in [4.78, 5) is 30.1. The normalized spacial score (nSPS) is 29.2. The maximum atomic E-state index is 13.1. The Hall–Kier alpha value is -1.88. The number of carbonyl (C=O) groups is 2. The molecule has 4 fully saturated rings. The summed E-state index contributed by atoms with van der Waals surface area (Å²) in [5.41, 5.74) is 1.01. The van der Waals surface area contributed by atoms with Crippen LogP contribution >= 0.6 is 0 Å². The van der Waals surface area contributed by atoms with E-state index in [0.717, 1.165) is 49.1 Å². The van der Waals surface area contributed by atoms with Gasteiger partial charge in [-0.05, 0) is 75.9 Å². The van der Waals surface area contributed by atoms with Gasteiger partial charge in [0.05, 0.1) is 0 Å². The van der Waals surface area contributed by atoms with E-state index < -0.39 is 0 Å². The van der Waals surface area contributed by atoms with Gasteiger partial charge in [-0.3, -0.25) is 9.59 Å². The van der Waals surface area contributed by atoms with Crippen molar-refractivity contribution in [3.8, 4) is 0 Å². The van der Waals surface area contributed by atoms with Gasteiger partial charge in [-0.1, -0.05) is 30.3 Å². The number of nitrogens with zero attached hydrogens (tertiary/aromatic N) is 2. The van der Waals surface area contributed by atoms with E-state index in [4.69, 9.17) is 0 Å². The average molecular weight is 412 g/mol. The van der Waals surface area contributed by atoms with E-state index in [1.807, 2.05) is 37.2 Å². The third-order valence-electron chi connectivity index (χ3n) is 7.53. The molecule has 4 aliphatic rings. The maximum absolute atomic E-state index is 13.1. The monoisotopic (exact) mass is 411 g/mol. The number of nitrogens with one attached hydrogen (secondary N) is 1. The molecule has 5 rings (SSSR count). The Morgan fingerprint density at radius 2 is 1.57 bits per heavy atom. The number of likely N-dealkylation sites (N-methyl/N-ethyl adjacent to an activating group) is 1. The van der Waals surface area contributed by atoms with Crippen molar-refractivity contribution in [2.75, 3.05) is 33.7 Å². The highest BCUT2D eigenvalue weighted by Gasteiger charge is 2.54. The van der Waals surface area contributed by atoms with Crippen LogP contribution in [0.15, 0.2) is 30.3 Å². The van der Waals surface area contributed by atoms with Crippen LogP contribution in [0.2, 0.25) is 0 Å². The lowest BCUT2D eigenvalue weighted by Gasteiger charge is -2.55. The van der Waals surface area contributed by atoms with Gasteiger partial charge in [0.2, 0.25) is 11.8 Å². The van der Waals surface area contributed by atoms with Crippen LogP contribution in [-0.4, -0.2) is 55.3 Å². The van der Waals surface area contributed by atoms with Gasteiger partial charge in [-0.15, -0.1) is 0 Å². The second kappa shape index (κ2) is 9.09. The molecule has 0 heterocycles. The number of rotatable bonds is 9. The molecule has 1 aromatic carbocycles. The maximum Gasteiger partial charge on any atom is 0.226 e. The predicted octanol–water partition coefficient (Wildman–Crippen LogP) is 3.30. The van der Waals surface area contributed by atoms with Crippen molar-refractivity contribution >= 4 is 11.8 Å². The number of benzene rings is 1. The molecule has 1 aromatic rings. The molecular formula is C25H37N3O2. The van der Waals surface area contributed by atoms with Crippen molar-refractivity contribution in [2.24, 2.45) is 23.2 Å². The lowest BCUT2D eigenvalue weighted by atomic mass is 9.49. The Labute approximate surface area is 181 Å². The summed E-state index contributed by atoms with van der Waals surface area (Å²) in [5.74, 6) is 2.62. The minimum atomic E-state index is -0.132. The number of hydrogen-bond donors (Lipinski definition) is 1. The zero-order valence-corrected chi connectivity index (χ0v) is 18.6. The lowest BCUT2D eigenvalue weighted by molar-refractivity contribution is -0.146. The van der Waals surface area contributed by atoms with Crippen LogP contribution < -0.4 is 5.32 Å². The summed E-state index contributed by atoms with van der Waals surface area (Å²) in [6.45, 7) is 2.60. The molecule has 30 heavy (non-hydrogen) atoms. The van der Waals surface area contributed by atoms with Crippen molar-refractivity contribution in [3.05, 3.63) is 35.9 Å². The Kier molecular flexibility index (Phi) is 6.47. The molecule has 5 nitrogen and oxygen atoms in total. The largest absolute Gasteiger partial charge is 0.355 e. The summed E-state index contributed by atoms with van der Waals surface area (Å²) in [6.07, 6.45) is 7.60. The van der Waals surface area contributed by atoms with Crippen LogP contribution in [-0.2, 0) is 16.1 Å². The Morgan fingerprint density at radius 3 is 2.13 bits per heavy atom. The molecule has 0 spiro atoms. The first-order valence-corrected chi connectivity index (χ1v) is 11.7. The smallest absolute Gasteiger partial charge is 0.226 e. The van der Waals surface area contributed by atoms with Crippen LogP contribution in [0.5, 0.6) is 0 Å². The van der Waals surface area contributed by atoms with E-state index in [1.54, 1.807) is 0 Å². The zero-order valence-electron chi connectivity index (χ0n) is 18.6. The van der Waals surface area contributed by atoms with E-state index in [2.05, 4.69) is 22.3 Å². The molecule has 4 saturated carbocycles. The molecule has 0 aromatic heterocycles. The summed E-state index contributed by atoms with van der Waals surface area (Å²) in [6, 6.07) is 10.1. The highest BCUT2D eigenvalue weighted by atomic mass is 16.2. The fourth-order valence-electron chi connectivity index (χ4n) is 6.43. The minimum Gasteiger partial charge on any atom is -0.355 e. The quantitative estimate of drug-likeness (QED) is 0.678. The van der Waals surface area contributed by atoms with E-state index in [9.17, 15) is 9.59 Å². The van der Waals surface area contributed by atoms with Crippen molar-refractivity contribution in [3.63, 3.8) is 0 Å². The van der Waals surface area contributed by atoms with Gasteiger partial charge in [0.25, 0.3) is 0 Å². The summed E-state index contributed by atoms with van der Waals surface area (Å²) >= 11 is 0. The van der Waals surface area contributed by atoms with Gasteiger partial charge in [0.1, 0.15) is 0 Å². The van der Waals surface area contributed by atoms with Gasteiger partial charge < -0.3 is 15.1 Å². The second-order valence-electron chi connectivity index (χ2n) is 10.3. The van der Waals surface area contributed by atoms with E-state index in [-0.39, 0.29) is 17.2 Å². The Bertz CT molecular complexity index is 711. The standard InChI is InChI=1S/C25H37N3O2/c1-27(2)10-11-28(18-19-6-4-3-5-7-19)23(29)8-9-26-24(30)25-15-20-12-21(16-25)14-22(13-20)17-25/h3-7,20-22H,8-18H2,1-2H3,(H,26,30). The van der Waals surface area contributed by atoms with Crippen LogP contribution in [0.1, 0.15) is 50.5 Å². The first kappa shape index (κ1) is 21.4. The second-order valence-corrected chi connectivity index (χ2v) is 10.3. The summed E-state index contributed by atoms with van der Waals surface area (Å²) in [7, 11) is 4.05.